The molecule has 3 N–H and O–H groups in total. The standard InChI is InChI=1S/C10H15N3O3S/c1-7(8(14)15)3-2-4-11-9(16)13-10-12-5-6-17-10/h5-7H,2-4H2,1H3,(H,14,15)(H2,11,12,13,16). The Morgan fingerprint density at radius 2 is 2.35 bits per heavy atom. The van der Waals surface area contributed by atoms with Gasteiger partial charge < -0.3 is 10.4 Å². The van der Waals surface area contributed by atoms with Crippen LogP contribution in [0.3, 0.4) is 0 Å². The highest BCUT2D eigenvalue weighted by molar-refractivity contribution is 7.13. The average molecular weight is 257 g/mol. The molecule has 0 aliphatic carbocycles. The Hall–Kier alpha value is -1.63. The molecule has 0 saturated carbocycles. The van der Waals surface area contributed by atoms with Crippen LogP contribution in [0.5, 0.6) is 0 Å². The van der Waals surface area contributed by atoms with Crippen molar-refractivity contribution < 1.29 is 14.7 Å². The van der Waals surface area contributed by atoms with Crippen LogP contribution in [0.15, 0.2) is 11.6 Å². The van der Waals surface area contributed by atoms with Crippen LogP contribution in [0, 0.1) is 5.92 Å². The zero-order chi connectivity index (χ0) is 12.7. The van der Waals surface area contributed by atoms with Crippen LogP contribution in [0.4, 0.5) is 9.93 Å². The number of aromatic nitrogens is 1. The maximum absolute atomic E-state index is 11.3. The Morgan fingerprint density at radius 3 is 2.94 bits per heavy atom. The number of nitrogens with one attached hydrogen (secondary N) is 2. The van der Waals surface area contributed by atoms with Crippen molar-refractivity contribution in [2.75, 3.05) is 11.9 Å². The first-order chi connectivity index (χ1) is 8.09. The molecule has 6 nitrogen and oxygen atoms in total. The lowest BCUT2D eigenvalue weighted by molar-refractivity contribution is -0.141. The molecule has 94 valence electrons. The van der Waals surface area contributed by atoms with Gasteiger partial charge in [-0.05, 0) is 12.8 Å². The summed E-state index contributed by atoms with van der Waals surface area (Å²) in [7, 11) is 0. The summed E-state index contributed by atoms with van der Waals surface area (Å²) in [6, 6.07) is -0.317. The van der Waals surface area contributed by atoms with Gasteiger partial charge in [0.15, 0.2) is 5.13 Å². The summed E-state index contributed by atoms with van der Waals surface area (Å²) in [4.78, 5) is 25.8. The Kier molecular flexibility index (Phi) is 5.41. The van der Waals surface area contributed by atoms with E-state index in [4.69, 9.17) is 5.11 Å². The number of nitrogens with zero attached hydrogens (tertiary/aromatic N) is 1. The minimum Gasteiger partial charge on any atom is -0.481 e. The number of rotatable bonds is 6. The second kappa shape index (κ2) is 6.85. The van der Waals surface area contributed by atoms with E-state index in [1.807, 2.05) is 0 Å². The van der Waals surface area contributed by atoms with E-state index in [2.05, 4.69) is 15.6 Å². The van der Waals surface area contributed by atoms with E-state index in [0.29, 0.717) is 24.5 Å². The van der Waals surface area contributed by atoms with Crippen molar-refractivity contribution in [3.05, 3.63) is 11.6 Å². The van der Waals surface area contributed by atoms with Gasteiger partial charge in [-0.1, -0.05) is 6.92 Å². The molecule has 0 aromatic carbocycles. The number of urea groups is 1. The molecule has 0 radical (unpaired) electrons. The lowest BCUT2D eigenvalue weighted by Crippen LogP contribution is -2.29. The van der Waals surface area contributed by atoms with Crippen molar-refractivity contribution in [1.29, 1.82) is 0 Å². The normalized spacial score (nSPS) is 11.8. The Morgan fingerprint density at radius 1 is 1.59 bits per heavy atom. The fourth-order valence-corrected chi connectivity index (χ4v) is 1.68. The van der Waals surface area contributed by atoms with Gasteiger partial charge >= 0.3 is 12.0 Å². The first kappa shape index (κ1) is 13.4. The van der Waals surface area contributed by atoms with E-state index in [1.165, 1.54) is 11.3 Å². The molecular formula is C10H15N3O3S. The van der Waals surface area contributed by atoms with Crippen molar-refractivity contribution in [2.45, 2.75) is 19.8 Å². The average Bonchev–Trinajstić information content (AvgIpc) is 2.76. The van der Waals surface area contributed by atoms with E-state index in [-0.39, 0.29) is 11.9 Å². The molecule has 0 bridgehead atoms. The summed E-state index contributed by atoms with van der Waals surface area (Å²) in [6.07, 6.45) is 2.79. The Balaban J connectivity index is 2.10. The van der Waals surface area contributed by atoms with E-state index >= 15 is 0 Å². The maximum atomic E-state index is 11.3. The van der Waals surface area contributed by atoms with Crippen molar-refractivity contribution in [3.8, 4) is 0 Å². The molecule has 0 spiro atoms. The van der Waals surface area contributed by atoms with Crippen molar-refractivity contribution in [1.82, 2.24) is 10.3 Å². The number of carbonyl (C=O) groups excluding carboxylic acids is 1. The van der Waals surface area contributed by atoms with Crippen LogP contribution in [-0.2, 0) is 4.79 Å². The molecule has 7 heteroatoms. The second-order valence-electron chi connectivity index (χ2n) is 3.60. The largest absolute Gasteiger partial charge is 0.481 e. The van der Waals surface area contributed by atoms with E-state index in [0.717, 1.165) is 0 Å². The highest BCUT2D eigenvalue weighted by atomic mass is 32.1. The van der Waals surface area contributed by atoms with E-state index < -0.39 is 5.97 Å². The van der Waals surface area contributed by atoms with Gasteiger partial charge in [0.25, 0.3) is 0 Å². The molecule has 1 atom stereocenters. The number of carbonyl (C=O) groups is 2. The fraction of sp³-hybridized carbons (Fsp3) is 0.500. The third-order valence-electron chi connectivity index (χ3n) is 2.17. The molecule has 1 unspecified atom stereocenters. The van der Waals surface area contributed by atoms with Crippen molar-refractivity contribution in [3.63, 3.8) is 0 Å². The van der Waals surface area contributed by atoms with Crippen LogP contribution in [-0.4, -0.2) is 28.6 Å². The summed E-state index contributed by atoms with van der Waals surface area (Å²) in [6.45, 7) is 2.10. The summed E-state index contributed by atoms with van der Waals surface area (Å²) >= 11 is 1.34. The number of carboxylic acid groups (broad SMARTS) is 1. The number of amides is 2. The van der Waals surface area contributed by atoms with E-state index in [1.54, 1.807) is 18.5 Å². The van der Waals surface area contributed by atoms with Gasteiger partial charge in [0.1, 0.15) is 0 Å². The molecule has 0 aliphatic heterocycles. The SMILES string of the molecule is CC(CCCNC(=O)Nc1nccs1)C(=O)O. The maximum Gasteiger partial charge on any atom is 0.321 e. The molecule has 17 heavy (non-hydrogen) atoms. The van der Waals surface area contributed by atoms with Gasteiger partial charge in [-0.2, -0.15) is 0 Å². The van der Waals surface area contributed by atoms with E-state index in [9.17, 15) is 9.59 Å². The molecule has 0 aliphatic rings. The quantitative estimate of drug-likeness (QED) is 0.677. The zero-order valence-corrected chi connectivity index (χ0v) is 10.3. The number of anilines is 1. The monoisotopic (exact) mass is 257 g/mol. The summed E-state index contributed by atoms with van der Waals surface area (Å²) in [5.74, 6) is -1.18. The van der Waals surface area contributed by atoms with Gasteiger partial charge in [0.05, 0.1) is 5.92 Å². The van der Waals surface area contributed by atoms with Gasteiger partial charge in [-0.25, -0.2) is 9.78 Å². The molecule has 0 fully saturated rings. The zero-order valence-electron chi connectivity index (χ0n) is 9.47. The van der Waals surface area contributed by atoms with Crippen LogP contribution < -0.4 is 10.6 Å². The van der Waals surface area contributed by atoms with Gasteiger partial charge in [0.2, 0.25) is 0 Å². The summed E-state index contributed by atoms with van der Waals surface area (Å²) in [5.41, 5.74) is 0. The van der Waals surface area contributed by atoms with Crippen molar-refractivity contribution in [2.24, 2.45) is 5.92 Å². The van der Waals surface area contributed by atoms with Gasteiger partial charge in [-0.3, -0.25) is 10.1 Å². The summed E-state index contributed by atoms with van der Waals surface area (Å²) in [5, 5.41) is 16.2. The van der Waals surface area contributed by atoms with Crippen molar-refractivity contribution >= 4 is 28.5 Å². The molecule has 1 rings (SSSR count). The minimum absolute atomic E-state index is 0.317. The summed E-state index contributed by atoms with van der Waals surface area (Å²) < 4.78 is 0. The van der Waals surface area contributed by atoms with Crippen LogP contribution in [0.2, 0.25) is 0 Å². The van der Waals surface area contributed by atoms with Gasteiger partial charge in [0, 0.05) is 18.1 Å². The molecule has 0 saturated heterocycles. The third kappa shape index (κ3) is 5.30. The molecular weight excluding hydrogens is 242 g/mol. The smallest absolute Gasteiger partial charge is 0.321 e. The first-order valence-corrected chi connectivity index (χ1v) is 6.14. The topological polar surface area (TPSA) is 91.3 Å². The van der Waals surface area contributed by atoms with Gasteiger partial charge in [-0.15, -0.1) is 11.3 Å². The number of aliphatic carboxylic acids is 1. The third-order valence-corrected chi connectivity index (χ3v) is 2.86. The minimum atomic E-state index is -0.808. The number of hydrogen-bond acceptors (Lipinski definition) is 4. The van der Waals surface area contributed by atoms with Crippen LogP contribution >= 0.6 is 11.3 Å². The highest BCUT2D eigenvalue weighted by Gasteiger charge is 2.10. The lowest BCUT2D eigenvalue weighted by Gasteiger charge is -2.07. The molecule has 1 aromatic heterocycles. The van der Waals surface area contributed by atoms with Crippen LogP contribution in [0.25, 0.3) is 0 Å². The second-order valence-corrected chi connectivity index (χ2v) is 4.49. The number of carboxylic acids is 1. The predicted octanol–water partition coefficient (Wildman–Crippen LogP) is 1.77. The lowest BCUT2D eigenvalue weighted by atomic mass is 10.1. The molecule has 1 heterocycles. The van der Waals surface area contributed by atoms with Crippen LogP contribution in [0.1, 0.15) is 19.8 Å². The first-order valence-electron chi connectivity index (χ1n) is 5.26. The fourth-order valence-electron chi connectivity index (χ4n) is 1.16. The predicted molar refractivity (Wildman–Crippen MR) is 65.2 cm³/mol. The Bertz CT molecular complexity index is 367. The number of thiazole rings is 1. The Labute approximate surface area is 103 Å². The molecule has 2 amide bonds. The highest BCUT2D eigenvalue weighted by Crippen LogP contribution is 2.09. The molecule has 1 aromatic rings. The number of hydrogen-bond donors (Lipinski definition) is 3.